The molecule has 0 aliphatic carbocycles. The molecule has 5 heteroatoms. The van der Waals surface area contributed by atoms with Crippen molar-refractivity contribution in [2.24, 2.45) is 10.8 Å². The number of ether oxygens (including phenoxy) is 3. The van der Waals surface area contributed by atoms with Crippen LogP contribution >= 0.6 is 0 Å². The molecule has 1 heterocycles. The van der Waals surface area contributed by atoms with Gasteiger partial charge in [0.2, 0.25) is 0 Å². The Kier molecular flexibility index (Phi) is 4.84. The Morgan fingerprint density at radius 1 is 1.00 bits per heavy atom. The first kappa shape index (κ1) is 16.5. The van der Waals surface area contributed by atoms with Crippen LogP contribution in [-0.2, 0) is 23.8 Å². The van der Waals surface area contributed by atoms with Gasteiger partial charge in [-0.15, -0.1) is 0 Å². The van der Waals surface area contributed by atoms with E-state index in [0.29, 0.717) is 0 Å². The average molecular weight is 284 g/mol. The summed E-state index contributed by atoms with van der Waals surface area (Å²) in [6.07, 6.45) is 1.83. The van der Waals surface area contributed by atoms with Crippen LogP contribution in [0.4, 0.5) is 0 Å². The van der Waals surface area contributed by atoms with Gasteiger partial charge in [-0.2, -0.15) is 0 Å². The molecule has 0 amide bonds. The summed E-state index contributed by atoms with van der Waals surface area (Å²) in [5.74, 6) is -0.691. The maximum absolute atomic E-state index is 11.9. The van der Waals surface area contributed by atoms with E-state index in [1.807, 2.05) is 0 Å². The largest absolute Gasteiger partial charge is 0.497 e. The van der Waals surface area contributed by atoms with Gasteiger partial charge in [0.25, 0.3) is 0 Å². The van der Waals surface area contributed by atoms with Crippen molar-refractivity contribution < 1.29 is 23.8 Å². The molecule has 0 saturated heterocycles. The minimum atomic E-state index is -0.613. The van der Waals surface area contributed by atoms with Crippen molar-refractivity contribution in [1.29, 1.82) is 0 Å². The monoisotopic (exact) mass is 284 g/mol. The van der Waals surface area contributed by atoms with E-state index in [-0.39, 0.29) is 18.5 Å². The second-order valence-electron chi connectivity index (χ2n) is 6.98. The maximum Gasteiger partial charge on any atom is 0.311 e. The fourth-order valence-corrected chi connectivity index (χ4v) is 1.33. The highest BCUT2D eigenvalue weighted by atomic mass is 16.6. The third kappa shape index (κ3) is 4.54. The second kappa shape index (κ2) is 5.85. The number of hydrogen-bond acceptors (Lipinski definition) is 5. The van der Waals surface area contributed by atoms with E-state index < -0.39 is 23.0 Å². The van der Waals surface area contributed by atoms with E-state index in [0.717, 1.165) is 0 Å². The minimum Gasteiger partial charge on any atom is -0.497 e. The van der Waals surface area contributed by atoms with E-state index in [1.54, 1.807) is 47.6 Å². The highest BCUT2D eigenvalue weighted by Gasteiger charge is 2.35. The third-order valence-corrected chi connectivity index (χ3v) is 2.72. The van der Waals surface area contributed by atoms with Gasteiger partial charge in [0, 0.05) is 0 Å². The molecular formula is C15H24O5. The molecule has 0 spiro atoms. The summed E-state index contributed by atoms with van der Waals surface area (Å²) in [4.78, 5) is 23.8. The Morgan fingerprint density at radius 3 is 2.00 bits per heavy atom. The lowest BCUT2D eigenvalue weighted by Gasteiger charge is -2.31. The van der Waals surface area contributed by atoms with Gasteiger partial charge in [0.15, 0.2) is 12.2 Å². The lowest BCUT2D eigenvalue weighted by molar-refractivity contribution is -0.179. The zero-order chi connectivity index (χ0) is 15.6. The molecule has 0 aromatic rings. The molecule has 0 N–H and O–H groups in total. The maximum atomic E-state index is 11.9. The Hall–Kier alpha value is -1.52. The molecule has 1 aliphatic rings. The van der Waals surface area contributed by atoms with Crippen molar-refractivity contribution in [3.05, 3.63) is 12.3 Å². The first-order valence-corrected chi connectivity index (χ1v) is 6.72. The Labute approximate surface area is 120 Å². The van der Waals surface area contributed by atoms with Crippen LogP contribution in [-0.4, -0.2) is 30.8 Å². The van der Waals surface area contributed by atoms with E-state index in [9.17, 15) is 9.59 Å². The summed E-state index contributed by atoms with van der Waals surface area (Å²) in [6.45, 7) is 10.8. The standard InChI is InChI=1S/C15H24O5/c1-14(2,3)12(16)19-10-7-8-18-9-11(10)20-13(17)15(4,5)6/h7-8,10-11H,9H2,1-6H3/t10-,11+/m1/s1. The molecule has 0 radical (unpaired) electrons. The molecule has 0 fully saturated rings. The zero-order valence-electron chi connectivity index (χ0n) is 13.1. The van der Waals surface area contributed by atoms with Crippen LogP contribution in [0.25, 0.3) is 0 Å². The third-order valence-electron chi connectivity index (χ3n) is 2.72. The molecule has 20 heavy (non-hydrogen) atoms. The van der Waals surface area contributed by atoms with E-state index in [2.05, 4.69) is 0 Å². The summed E-state index contributed by atoms with van der Waals surface area (Å²) < 4.78 is 15.9. The number of hydrogen-bond donors (Lipinski definition) is 0. The Morgan fingerprint density at radius 2 is 1.50 bits per heavy atom. The minimum absolute atomic E-state index is 0.181. The summed E-state index contributed by atoms with van der Waals surface area (Å²) in [6, 6.07) is 0. The van der Waals surface area contributed by atoms with Gasteiger partial charge in [-0.25, -0.2) is 0 Å². The van der Waals surface area contributed by atoms with Gasteiger partial charge < -0.3 is 14.2 Å². The quantitative estimate of drug-likeness (QED) is 0.729. The number of carbonyl (C=O) groups excluding carboxylic acids is 2. The van der Waals surface area contributed by atoms with Gasteiger partial charge >= 0.3 is 11.9 Å². The van der Waals surface area contributed by atoms with Crippen molar-refractivity contribution in [2.45, 2.75) is 53.8 Å². The van der Waals surface area contributed by atoms with Crippen LogP contribution in [0, 0.1) is 10.8 Å². The normalized spacial score (nSPS) is 22.9. The van der Waals surface area contributed by atoms with Crippen LogP contribution in [0.3, 0.4) is 0 Å². The van der Waals surface area contributed by atoms with Gasteiger partial charge in [0.1, 0.15) is 6.61 Å². The summed E-state index contributed by atoms with van der Waals surface area (Å²) in [5, 5.41) is 0. The predicted molar refractivity (Wildman–Crippen MR) is 73.8 cm³/mol. The summed E-state index contributed by atoms with van der Waals surface area (Å²) >= 11 is 0. The first-order valence-electron chi connectivity index (χ1n) is 6.72. The number of rotatable bonds is 2. The van der Waals surface area contributed by atoms with Gasteiger partial charge in [-0.05, 0) is 47.6 Å². The molecule has 0 saturated carbocycles. The molecule has 0 bridgehead atoms. The highest BCUT2D eigenvalue weighted by Crippen LogP contribution is 2.23. The molecule has 2 atom stereocenters. The smallest absolute Gasteiger partial charge is 0.311 e. The van der Waals surface area contributed by atoms with Crippen molar-refractivity contribution >= 4 is 11.9 Å². The van der Waals surface area contributed by atoms with Crippen LogP contribution < -0.4 is 0 Å². The van der Waals surface area contributed by atoms with Gasteiger partial charge in [-0.1, -0.05) is 0 Å². The second-order valence-corrected chi connectivity index (χ2v) is 6.98. The lowest BCUT2D eigenvalue weighted by atomic mass is 9.96. The molecule has 0 aromatic heterocycles. The number of carbonyl (C=O) groups is 2. The SMILES string of the molecule is CC(C)(C)C(=O)O[C@H]1COC=C[C@H]1OC(=O)C(C)(C)C. The average Bonchev–Trinajstić information content (AvgIpc) is 2.29. The topological polar surface area (TPSA) is 61.8 Å². The van der Waals surface area contributed by atoms with Crippen LogP contribution in [0.5, 0.6) is 0 Å². The summed E-state index contributed by atoms with van der Waals surface area (Å²) in [5.41, 5.74) is -1.22. The zero-order valence-corrected chi connectivity index (χ0v) is 13.1. The fourth-order valence-electron chi connectivity index (χ4n) is 1.33. The van der Waals surface area contributed by atoms with Crippen LogP contribution in [0.15, 0.2) is 12.3 Å². The predicted octanol–water partition coefficient (Wildman–Crippen LogP) is 2.45. The Bertz CT molecular complexity index is 397. The van der Waals surface area contributed by atoms with E-state index in [4.69, 9.17) is 14.2 Å². The van der Waals surface area contributed by atoms with Crippen LogP contribution in [0.2, 0.25) is 0 Å². The first-order chi connectivity index (χ1) is 9.01. The van der Waals surface area contributed by atoms with E-state index in [1.165, 1.54) is 6.26 Å². The van der Waals surface area contributed by atoms with Crippen molar-refractivity contribution in [3.63, 3.8) is 0 Å². The molecule has 0 aromatic carbocycles. The Balaban J connectivity index is 2.73. The van der Waals surface area contributed by atoms with Gasteiger partial charge in [0.05, 0.1) is 17.1 Å². The molecule has 0 unspecified atom stereocenters. The van der Waals surface area contributed by atoms with Crippen molar-refractivity contribution in [2.75, 3.05) is 6.61 Å². The molecule has 114 valence electrons. The molecule has 1 rings (SSSR count). The molecule has 5 nitrogen and oxygen atoms in total. The molecule has 1 aliphatic heterocycles. The van der Waals surface area contributed by atoms with Gasteiger partial charge in [-0.3, -0.25) is 9.59 Å². The van der Waals surface area contributed by atoms with Crippen molar-refractivity contribution in [1.82, 2.24) is 0 Å². The van der Waals surface area contributed by atoms with Crippen LogP contribution in [0.1, 0.15) is 41.5 Å². The highest BCUT2D eigenvalue weighted by molar-refractivity contribution is 5.76. The van der Waals surface area contributed by atoms with Crippen molar-refractivity contribution in [3.8, 4) is 0 Å². The molecular weight excluding hydrogens is 260 g/mol. The summed E-state index contributed by atoms with van der Waals surface area (Å²) in [7, 11) is 0. The van der Waals surface area contributed by atoms with E-state index >= 15 is 0 Å². The fraction of sp³-hybridized carbons (Fsp3) is 0.733. The lowest BCUT2D eigenvalue weighted by Crippen LogP contribution is -2.43. The number of esters is 2.